The van der Waals surface area contributed by atoms with Crippen LogP contribution in [0, 0.1) is 12.7 Å². The lowest BCUT2D eigenvalue weighted by molar-refractivity contribution is 0.558. The molecule has 0 radical (unpaired) electrons. The van der Waals surface area contributed by atoms with Crippen LogP contribution in [-0.4, -0.2) is 12.0 Å². The van der Waals surface area contributed by atoms with E-state index in [0.717, 1.165) is 28.2 Å². The predicted molar refractivity (Wildman–Crippen MR) is 87.5 cm³/mol. The molecule has 0 amide bonds. The van der Waals surface area contributed by atoms with E-state index < -0.39 is 0 Å². The van der Waals surface area contributed by atoms with Crippen LogP contribution in [0.15, 0.2) is 23.6 Å². The first-order valence-corrected chi connectivity index (χ1v) is 8.07. The fourth-order valence-corrected chi connectivity index (χ4v) is 3.39. The van der Waals surface area contributed by atoms with Gasteiger partial charge in [0, 0.05) is 23.3 Å². The van der Waals surface area contributed by atoms with Crippen molar-refractivity contribution in [2.24, 2.45) is 0 Å². The second-order valence-corrected chi connectivity index (χ2v) is 7.37. The molecule has 1 aromatic heterocycles. The highest BCUT2D eigenvalue weighted by atomic mass is 32.1. The molecule has 0 fully saturated rings. The summed E-state index contributed by atoms with van der Waals surface area (Å²) in [5.74, 6) is -0.185. The van der Waals surface area contributed by atoms with E-state index in [1.54, 1.807) is 17.4 Å². The number of aryl methyl sites for hydroxylation is 1. The standard InChI is InChI=1S/C17H23FN2S/c1-11-8-12(18)6-7-13(11)14(19-5)9-16-20-15(10-21-16)17(2,3)4/h6-8,10,14,19H,9H2,1-5H3. The Morgan fingerprint density at radius 2 is 2.05 bits per heavy atom. The highest BCUT2D eigenvalue weighted by molar-refractivity contribution is 7.09. The van der Waals surface area contributed by atoms with Crippen LogP contribution in [0.2, 0.25) is 0 Å². The lowest BCUT2D eigenvalue weighted by Gasteiger charge is -2.18. The van der Waals surface area contributed by atoms with E-state index >= 15 is 0 Å². The Hall–Kier alpha value is -1.26. The van der Waals surface area contributed by atoms with Crippen molar-refractivity contribution in [1.29, 1.82) is 0 Å². The minimum atomic E-state index is -0.185. The van der Waals surface area contributed by atoms with Crippen LogP contribution in [0.5, 0.6) is 0 Å². The van der Waals surface area contributed by atoms with Crippen molar-refractivity contribution in [3.05, 3.63) is 51.2 Å². The molecule has 1 aromatic carbocycles. The Balaban J connectivity index is 2.21. The molecule has 4 heteroatoms. The number of rotatable bonds is 4. The zero-order valence-electron chi connectivity index (χ0n) is 13.3. The molecule has 0 saturated heterocycles. The number of hydrogen-bond acceptors (Lipinski definition) is 3. The Morgan fingerprint density at radius 1 is 1.33 bits per heavy atom. The molecule has 2 rings (SSSR count). The number of nitrogens with one attached hydrogen (secondary N) is 1. The molecular formula is C17H23FN2S. The average Bonchev–Trinajstić information content (AvgIpc) is 2.85. The first-order chi connectivity index (χ1) is 9.81. The normalized spacial score (nSPS) is 13.4. The van der Waals surface area contributed by atoms with Gasteiger partial charge in [0.1, 0.15) is 5.82 Å². The van der Waals surface area contributed by atoms with E-state index in [-0.39, 0.29) is 17.3 Å². The number of benzene rings is 1. The molecule has 1 N–H and O–H groups in total. The van der Waals surface area contributed by atoms with E-state index in [2.05, 4.69) is 31.5 Å². The Kier molecular flexibility index (Phi) is 4.79. The molecule has 0 aliphatic heterocycles. The summed E-state index contributed by atoms with van der Waals surface area (Å²) in [4.78, 5) is 4.75. The molecule has 0 bridgehead atoms. The van der Waals surface area contributed by atoms with E-state index in [9.17, 15) is 4.39 Å². The highest BCUT2D eigenvalue weighted by Gasteiger charge is 2.20. The Labute approximate surface area is 130 Å². The van der Waals surface area contributed by atoms with Crippen LogP contribution < -0.4 is 5.32 Å². The quantitative estimate of drug-likeness (QED) is 0.906. The van der Waals surface area contributed by atoms with Crippen molar-refractivity contribution in [2.45, 2.75) is 45.6 Å². The molecule has 0 spiro atoms. The van der Waals surface area contributed by atoms with Gasteiger partial charge in [-0.3, -0.25) is 0 Å². The van der Waals surface area contributed by atoms with Crippen LogP contribution in [0.25, 0.3) is 0 Å². The van der Waals surface area contributed by atoms with Crippen molar-refractivity contribution in [3.63, 3.8) is 0 Å². The summed E-state index contributed by atoms with van der Waals surface area (Å²) in [6.45, 7) is 8.47. The van der Waals surface area contributed by atoms with Crippen molar-refractivity contribution < 1.29 is 4.39 Å². The molecule has 0 aliphatic carbocycles. The van der Waals surface area contributed by atoms with Gasteiger partial charge in [-0.15, -0.1) is 11.3 Å². The van der Waals surface area contributed by atoms with Gasteiger partial charge in [0.05, 0.1) is 10.7 Å². The Morgan fingerprint density at radius 3 is 2.57 bits per heavy atom. The first kappa shape index (κ1) is 16.1. The molecule has 2 aromatic rings. The largest absolute Gasteiger partial charge is 0.313 e. The molecule has 1 heterocycles. The molecule has 21 heavy (non-hydrogen) atoms. The summed E-state index contributed by atoms with van der Waals surface area (Å²) in [5.41, 5.74) is 3.32. The number of halogens is 1. The second kappa shape index (κ2) is 6.24. The van der Waals surface area contributed by atoms with Gasteiger partial charge in [0.2, 0.25) is 0 Å². The van der Waals surface area contributed by atoms with E-state index in [0.29, 0.717) is 0 Å². The number of hydrogen-bond donors (Lipinski definition) is 1. The predicted octanol–water partition coefficient (Wildman–Crippen LogP) is 4.39. The van der Waals surface area contributed by atoms with Crippen molar-refractivity contribution >= 4 is 11.3 Å². The number of thiazole rings is 1. The number of likely N-dealkylation sites (N-methyl/N-ethyl adjacent to an activating group) is 1. The minimum absolute atomic E-state index is 0.0790. The fraction of sp³-hybridized carbons (Fsp3) is 0.471. The molecule has 1 unspecified atom stereocenters. The molecule has 0 aliphatic rings. The summed E-state index contributed by atoms with van der Waals surface area (Å²) < 4.78 is 13.2. The lowest BCUT2D eigenvalue weighted by atomic mass is 9.93. The third-order valence-electron chi connectivity index (χ3n) is 3.65. The third kappa shape index (κ3) is 3.89. The maximum absolute atomic E-state index is 13.2. The van der Waals surface area contributed by atoms with Crippen LogP contribution in [0.1, 0.15) is 48.6 Å². The smallest absolute Gasteiger partial charge is 0.123 e. The fourth-order valence-electron chi connectivity index (χ4n) is 2.32. The van der Waals surface area contributed by atoms with Crippen molar-refractivity contribution in [3.8, 4) is 0 Å². The summed E-state index contributed by atoms with van der Waals surface area (Å²) in [6.07, 6.45) is 0.823. The van der Waals surface area contributed by atoms with Gasteiger partial charge < -0.3 is 5.32 Å². The molecule has 2 nitrogen and oxygen atoms in total. The number of aromatic nitrogens is 1. The first-order valence-electron chi connectivity index (χ1n) is 7.19. The molecule has 114 valence electrons. The summed E-state index contributed by atoms with van der Waals surface area (Å²) in [7, 11) is 1.94. The van der Waals surface area contributed by atoms with Crippen LogP contribution in [0.4, 0.5) is 4.39 Å². The molecule has 0 saturated carbocycles. The Bertz CT molecular complexity index is 613. The summed E-state index contributed by atoms with van der Waals surface area (Å²) in [6, 6.07) is 5.13. The van der Waals surface area contributed by atoms with Gasteiger partial charge in [0.25, 0.3) is 0 Å². The monoisotopic (exact) mass is 306 g/mol. The third-order valence-corrected chi connectivity index (χ3v) is 4.53. The lowest BCUT2D eigenvalue weighted by Crippen LogP contribution is -2.20. The zero-order valence-corrected chi connectivity index (χ0v) is 14.1. The number of nitrogens with zero attached hydrogens (tertiary/aromatic N) is 1. The van der Waals surface area contributed by atoms with E-state index in [1.807, 2.05) is 20.0 Å². The van der Waals surface area contributed by atoms with E-state index in [4.69, 9.17) is 4.98 Å². The maximum atomic E-state index is 13.2. The minimum Gasteiger partial charge on any atom is -0.313 e. The SMILES string of the molecule is CNC(Cc1nc(C(C)(C)C)cs1)c1ccc(F)cc1C. The summed E-state index contributed by atoms with van der Waals surface area (Å²) in [5, 5.41) is 6.57. The van der Waals surface area contributed by atoms with Gasteiger partial charge in [-0.2, -0.15) is 0 Å². The van der Waals surface area contributed by atoms with E-state index in [1.165, 1.54) is 6.07 Å². The van der Waals surface area contributed by atoms with Crippen LogP contribution in [-0.2, 0) is 11.8 Å². The molecular weight excluding hydrogens is 283 g/mol. The van der Waals surface area contributed by atoms with Gasteiger partial charge in [-0.05, 0) is 37.2 Å². The van der Waals surface area contributed by atoms with Crippen LogP contribution >= 0.6 is 11.3 Å². The molecule has 1 atom stereocenters. The van der Waals surface area contributed by atoms with Gasteiger partial charge in [-0.1, -0.05) is 26.8 Å². The zero-order chi connectivity index (χ0) is 15.6. The highest BCUT2D eigenvalue weighted by Crippen LogP contribution is 2.27. The van der Waals surface area contributed by atoms with Crippen molar-refractivity contribution in [1.82, 2.24) is 10.3 Å². The maximum Gasteiger partial charge on any atom is 0.123 e. The van der Waals surface area contributed by atoms with Gasteiger partial charge in [0.15, 0.2) is 0 Å². The average molecular weight is 306 g/mol. The topological polar surface area (TPSA) is 24.9 Å². The van der Waals surface area contributed by atoms with Gasteiger partial charge >= 0.3 is 0 Å². The van der Waals surface area contributed by atoms with Gasteiger partial charge in [-0.25, -0.2) is 9.37 Å². The second-order valence-electron chi connectivity index (χ2n) is 6.42. The van der Waals surface area contributed by atoms with Crippen LogP contribution in [0.3, 0.4) is 0 Å². The summed E-state index contributed by atoms with van der Waals surface area (Å²) >= 11 is 1.70. The van der Waals surface area contributed by atoms with Crippen molar-refractivity contribution in [2.75, 3.05) is 7.05 Å².